The van der Waals surface area contributed by atoms with Crippen molar-refractivity contribution in [2.24, 2.45) is 11.7 Å². The summed E-state index contributed by atoms with van der Waals surface area (Å²) in [6, 6.07) is 4.27. The summed E-state index contributed by atoms with van der Waals surface area (Å²) in [5.74, 6) is 0.813. The predicted molar refractivity (Wildman–Crippen MR) is 107 cm³/mol. The van der Waals surface area contributed by atoms with Crippen molar-refractivity contribution in [1.82, 2.24) is 9.88 Å². The number of nitrogens with zero attached hydrogens (tertiary/aromatic N) is 2. The van der Waals surface area contributed by atoms with Crippen molar-refractivity contribution >= 4 is 53.4 Å². The Bertz CT molecular complexity index is 633. The van der Waals surface area contributed by atoms with E-state index >= 15 is 0 Å². The van der Waals surface area contributed by atoms with Gasteiger partial charge in [0.25, 0.3) is 0 Å². The molecule has 1 saturated heterocycles. The Kier molecular flexibility index (Phi) is 8.67. The Morgan fingerprint density at radius 2 is 2.21 bits per heavy atom. The molecule has 0 radical (unpaired) electrons. The number of likely N-dealkylation sites (tertiary alicyclic amines) is 1. The van der Waals surface area contributed by atoms with Gasteiger partial charge < -0.3 is 10.6 Å². The highest BCUT2D eigenvalue weighted by Gasteiger charge is 2.29. The van der Waals surface area contributed by atoms with E-state index in [2.05, 4.69) is 18.0 Å². The number of amides is 1. The molecule has 0 bridgehead atoms. The van der Waals surface area contributed by atoms with E-state index in [0.29, 0.717) is 18.9 Å². The maximum absolute atomic E-state index is 12.6. The number of aromatic nitrogens is 1. The molecule has 1 aliphatic heterocycles. The summed E-state index contributed by atoms with van der Waals surface area (Å²) in [5.41, 5.74) is 6.72. The van der Waals surface area contributed by atoms with Crippen molar-refractivity contribution < 1.29 is 4.79 Å². The maximum Gasteiger partial charge on any atom is 0.228 e. The van der Waals surface area contributed by atoms with Crippen LogP contribution in [0.4, 0.5) is 0 Å². The van der Waals surface area contributed by atoms with Gasteiger partial charge in [0, 0.05) is 24.5 Å². The fourth-order valence-electron chi connectivity index (χ4n) is 2.96. The molecule has 2 aromatic rings. The second-order valence-corrected chi connectivity index (χ2v) is 7.71. The Labute approximate surface area is 163 Å². The molecule has 1 aliphatic rings. The lowest BCUT2D eigenvalue weighted by molar-refractivity contribution is -0.134. The molecule has 2 N–H and O–H groups in total. The average molecular weight is 408 g/mol. The first kappa shape index (κ1) is 21.4. The second kappa shape index (κ2) is 9.73. The minimum Gasteiger partial charge on any atom is -0.338 e. The van der Waals surface area contributed by atoms with E-state index in [-0.39, 0.29) is 36.8 Å². The van der Waals surface area contributed by atoms with E-state index in [4.69, 9.17) is 5.73 Å². The van der Waals surface area contributed by atoms with Gasteiger partial charge in [-0.2, -0.15) is 0 Å². The van der Waals surface area contributed by atoms with E-state index in [1.54, 1.807) is 22.7 Å². The Morgan fingerprint density at radius 1 is 1.42 bits per heavy atom. The van der Waals surface area contributed by atoms with Crippen molar-refractivity contribution in [3.05, 3.63) is 28.6 Å². The minimum absolute atomic E-state index is 0. The lowest BCUT2D eigenvalue weighted by Gasteiger charge is -2.38. The molecule has 0 aromatic carbocycles. The molecule has 2 atom stereocenters. The lowest BCUT2D eigenvalue weighted by atomic mass is 9.92. The largest absolute Gasteiger partial charge is 0.338 e. The second-order valence-electron chi connectivity index (χ2n) is 5.90. The number of carbonyl (C=O) groups excluding carboxylic acids is 1. The quantitative estimate of drug-likeness (QED) is 0.836. The van der Waals surface area contributed by atoms with Gasteiger partial charge in [0.1, 0.15) is 5.01 Å². The van der Waals surface area contributed by atoms with Crippen LogP contribution in [0.1, 0.15) is 25.5 Å². The summed E-state index contributed by atoms with van der Waals surface area (Å²) in [6.45, 7) is 3.61. The third kappa shape index (κ3) is 4.92. The predicted octanol–water partition coefficient (Wildman–Crippen LogP) is 3.84. The Morgan fingerprint density at radius 3 is 2.88 bits per heavy atom. The molecule has 8 heteroatoms. The summed E-state index contributed by atoms with van der Waals surface area (Å²) in [7, 11) is 0. The van der Waals surface area contributed by atoms with Gasteiger partial charge >= 0.3 is 0 Å². The number of carbonyl (C=O) groups is 1. The van der Waals surface area contributed by atoms with Crippen LogP contribution in [0.15, 0.2) is 22.9 Å². The molecule has 0 saturated carbocycles. The Hall–Kier alpha value is -0.660. The molecule has 3 heterocycles. The number of nitrogens with two attached hydrogens (primary N) is 1. The van der Waals surface area contributed by atoms with Crippen molar-refractivity contribution in [3.63, 3.8) is 0 Å². The highest BCUT2D eigenvalue weighted by atomic mass is 35.5. The summed E-state index contributed by atoms with van der Waals surface area (Å²) >= 11 is 3.28. The van der Waals surface area contributed by atoms with Crippen LogP contribution in [0.3, 0.4) is 0 Å². The molecule has 1 amide bonds. The topological polar surface area (TPSA) is 59.2 Å². The number of hydrogen-bond donors (Lipinski definition) is 1. The van der Waals surface area contributed by atoms with Gasteiger partial charge in [-0.15, -0.1) is 47.5 Å². The molecule has 24 heavy (non-hydrogen) atoms. The van der Waals surface area contributed by atoms with Gasteiger partial charge in [0.15, 0.2) is 0 Å². The molecular formula is C16H23Cl2N3OS2. The normalized spacial score (nSPS) is 20.2. The van der Waals surface area contributed by atoms with E-state index in [1.807, 2.05) is 21.7 Å². The number of halogens is 2. The van der Waals surface area contributed by atoms with Crippen LogP contribution < -0.4 is 5.73 Å². The van der Waals surface area contributed by atoms with Crippen molar-refractivity contribution in [2.45, 2.75) is 32.2 Å². The first-order valence-electron chi connectivity index (χ1n) is 7.65. The number of rotatable bonds is 4. The number of hydrogen-bond acceptors (Lipinski definition) is 5. The van der Waals surface area contributed by atoms with Crippen LogP contribution in [0.5, 0.6) is 0 Å². The lowest BCUT2D eigenvalue weighted by Crippen LogP contribution is -2.49. The standard InChI is InChI=1S/C16H21N3OS2.2ClH/c1-11-4-5-19(13(7-11)9-17)15(20)8-12-10-22-16(18-12)14-3-2-6-21-14;;/h2-3,6,10-11,13H,4-5,7-9,17H2,1H3;2*1H. The van der Waals surface area contributed by atoms with E-state index in [0.717, 1.165) is 35.0 Å². The zero-order valence-corrected chi connectivity index (χ0v) is 16.8. The van der Waals surface area contributed by atoms with Crippen LogP contribution in [0, 0.1) is 5.92 Å². The van der Waals surface area contributed by atoms with Gasteiger partial charge in [0.05, 0.1) is 17.0 Å². The highest BCUT2D eigenvalue weighted by molar-refractivity contribution is 7.20. The molecule has 134 valence electrons. The Balaban J connectivity index is 0.00000144. The summed E-state index contributed by atoms with van der Waals surface area (Å²) in [4.78, 5) is 20.3. The van der Waals surface area contributed by atoms with Crippen molar-refractivity contribution in [1.29, 1.82) is 0 Å². The third-order valence-corrected chi connectivity index (χ3v) is 6.12. The molecule has 3 rings (SSSR count). The molecule has 2 aromatic heterocycles. The van der Waals surface area contributed by atoms with Crippen molar-refractivity contribution in [2.75, 3.05) is 13.1 Å². The third-order valence-electron chi connectivity index (χ3n) is 4.19. The minimum atomic E-state index is 0. The van der Waals surface area contributed by atoms with Crippen LogP contribution in [-0.4, -0.2) is 34.9 Å². The van der Waals surface area contributed by atoms with Gasteiger partial charge in [-0.3, -0.25) is 4.79 Å². The molecule has 0 aliphatic carbocycles. The van der Waals surface area contributed by atoms with E-state index < -0.39 is 0 Å². The van der Waals surface area contributed by atoms with Gasteiger partial charge in [-0.05, 0) is 30.2 Å². The van der Waals surface area contributed by atoms with Crippen LogP contribution in [0.2, 0.25) is 0 Å². The zero-order chi connectivity index (χ0) is 15.5. The molecule has 1 fully saturated rings. The van der Waals surface area contributed by atoms with Crippen molar-refractivity contribution in [3.8, 4) is 9.88 Å². The molecule has 4 nitrogen and oxygen atoms in total. The summed E-state index contributed by atoms with van der Waals surface area (Å²) in [6.07, 6.45) is 2.46. The first-order valence-corrected chi connectivity index (χ1v) is 9.41. The number of thiophene rings is 1. The monoisotopic (exact) mass is 407 g/mol. The van der Waals surface area contributed by atoms with Crippen LogP contribution >= 0.6 is 47.5 Å². The zero-order valence-electron chi connectivity index (χ0n) is 13.5. The molecule has 2 unspecified atom stereocenters. The SMILES string of the molecule is CC1CCN(C(=O)Cc2csc(-c3cccs3)n2)C(CN)C1.Cl.Cl. The smallest absolute Gasteiger partial charge is 0.228 e. The maximum atomic E-state index is 12.6. The average Bonchev–Trinajstić information content (AvgIpc) is 3.17. The van der Waals surface area contributed by atoms with Gasteiger partial charge in [-0.1, -0.05) is 13.0 Å². The first-order chi connectivity index (χ1) is 10.7. The van der Waals surface area contributed by atoms with E-state index in [9.17, 15) is 4.79 Å². The van der Waals surface area contributed by atoms with Gasteiger partial charge in [-0.25, -0.2) is 4.98 Å². The van der Waals surface area contributed by atoms with Gasteiger partial charge in [0.2, 0.25) is 5.91 Å². The molecular weight excluding hydrogens is 385 g/mol. The fraction of sp³-hybridized carbons (Fsp3) is 0.500. The number of piperidine rings is 1. The number of thiazole rings is 1. The summed E-state index contributed by atoms with van der Waals surface area (Å²) in [5, 5.41) is 5.04. The van der Waals surface area contributed by atoms with E-state index in [1.165, 1.54) is 0 Å². The van der Waals surface area contributed by atoms with Crippen LogP contribution in [-0.2, 0) is 11.2 Å². The molecule has 0 spiro atoms. The fourth-order valence-corrected chi connectivity index (χ4v) is 4.60. The highest BCUT2D eigenvalue weighted by Crippen LogP contribution is 2.28. The van der Waals surface area contributed by atoms with Crippen LogP contribution in [0.25, 0.3) is 9.88 Å². The summed E-state index contributed by atoms with van der Waals surface area (Å²) < 4.78 is 0.